The molecule has 0 saturated heterocycles. The summed E-state index contributed by atoms with van der Waals surface area (Å²) < 4.78 is 0.965. The van der Waals surface area contributed by atoms with E-state index < -0.39 is 0 Å². The molecule has 0 bridgehead atoms. The molecule has 1 rings (SSSR count). The van der Waals surface area contributed by atoms with Crippen molar-refractivity contribution in [2.45, 2.75) is 18.6 Å². The molecule has 0 nitrogen and oxygen atoms in total. The van der Waals surface area contributed by atoms with Gasteiger partial charge in [0.15, 0.2) is 0 Å². The van der Waals surface area contributed by atoms with E-state index in [9.17, 15) is 0 Å². The molecule has 0 fully saturated rings. The molecule has 0 N–H and O–H groups in total. The van der Waals surface area contributed by atoms with Crippen LogP contribution in [0.1, 0.15) is 13.3 Å². The van der Waals surface area contributed by atoms with Gasteiger partial charge in [-0.05, 0) is 6.42 Å². The molecule has 0 saturated carbocycles. The van der Waals surface area contributed by atoms with Crippen LogP contribution in [0.4, 0.5) is 0 Å². The van der Waals surface area contributed by atoms with Gasteiger partial charge in [-0.25, -0.2) is 0 Å². The van der Waals surface area contributed by atoms with E-state index in [1.165, 1.54) is 0 Å². The maximum atomic E-state index is 5.63. The van der Waals surface area contributed by atoms with Gasteiger partial charge in [0.2, 0.25) is 0 Å². The average Bonchev–Trinajstić information content (AvgIpc) is 1.87. The van der Waals surface area contributed by atoms with Crippen LogP contribution in [-0.2, 0) is 0 Å². The molecule has 1 heterocycles. The van der Waals surface area contributed by atoms with E-state index in [2.05, 4.69) is 13.0 Å². The van der Waals surface area contributed by atoms with Crippen LogP contribution in [-0.4, -0.2) is 5.25 Å². The quantitative estimate of drug-likeness (QED) is 0.491. The minimum Gasteiger partial charge on any atom is -0.111 e. The highest BCUT2D eigenvalue weighted by Crippen LogP contribution is 2.33. The molecule has 1 aliphatic rings. The zero-order valence-corrected chi connectivity index (χ0v) is 5.72. The van der Waals surface area contributed by atoms with E-state index in [-0.39, 0.29) is 0 Å². The first-order chi connectivity index (χ1) is 3.29. The first-order valence-electron chi connectivity index (χ1n) is 2.31. The molecule has 0 aliphatic carbocycles. The van der Waals surface area contributed by atoms with Crippen LogP contribution < -0.4 is 0 Å². The number of halogens is 1. The van der Waals surface area contributed by atoms with Crippen molar-refractivity contribution in [1.29, 1.82) is 0 Å². The molecule has 1 aliphatic heterocycles. The first-order valence-corrected chi connectivity index (χ1v) is 3.57. The van der Waals surface area contributed by atoms with Crippen LogP contribution in [0.2, 0.25) is 0 Å². The van der Waals surface area contributed by atoms with Crippen molar-refractivity contribution in [3.63, 3.8) is 0 Å². The Morgan fingerprint density at radius 2 is 2.71 bits per heavy atom. The Balaban J connectivity index is 2.42. The lowest BCUT2D eigenvalue weighted by Crippen LogP contribution is -1.83. The smallest absolute Gasteiger partial charge is 0.0697 e. The van der Waals surface area contributed by atoms with Gasteiger partial charge in [0, 0.05) is 5.25 Å². The fourth-order valence-electron chi connectivity index (χ4n) is 0.547. The van der Waals surface area contributed by atoms with Gasteiger partial charge in [-0.3, -0.25) is 0 Å². The summed E-state index contributed by atoms with van der Waals surface area (Å²) in [7, 11) is 0. The molecule has 0 aromatic carbocycles. The second-order valence-electron chi connectivity index (χ2n) is 1.67. The van der Waals surface area contributed by atoms with Crippen LogP contribution >= 0.6 is 23.4 Å². The molecule has 0 aromatic heterocycles. The Morgan fingerprint density at radius 3 is 2.86 bits per heavy atom. The van der Waals surface area contributed by atoms with Crippen molar-refractivity contribution in [2.75, 3.05) is 0 Å². The predicted molar refractivity (Wildman–Crippen MR) is 35.6 cm³/mol. The Morgan fingerprint density at radius 1 is 2.00 bits per heavy atom. The van der Waals surface area contributed by atoms with E-state index in [4.69, 9.17) is 11.6 Å². The Labute approximate surface area is 52.9 Å². The van der Waals surface area contributed by atoms with Gasteiger partial charge in [0.25, 0.3) is 0 Å². The van der Waals surface area contributed by atoms with Crippen molar-refractivity contribution < 1.29 is 0 Å². The largest absolute Gasteiger partial charge is 0.111 e. The van der Waals surface area contributed by atoms with E-state index in [0.29, 0.717) is 5.25 Å². The highest BCUT2D eigenvalue weighted by atomic mass is 35.5. The molecule has 7 heavy (non-hydrogen) atoms. The monoisotopic (exact) mass is 134 g/mol. The highest BCUT2D eigenvalue weighted by Gasteiger charge is 2.09. The molecular formula is C5H7ClS. The third kappa shape index (κ3) is 1.39. The van der Waals surface area contributed by atoms with E-state index >= 15 is 0 Å². The van der Waals surface area contributed by atoms with Crippen LogP contribution in [0.3, 0.4) is 0 Å². The lowest BCUT2D eigenvalue weighted by atomic mass is 10.3. The van der Waals surface area contributed by atoms with Gasteiger partial charge in [-0.1, -0.05) is 24.6 Å². The number of hydrogen-bond acceptors (Lipinski definition) is 1. The summed E-state index contributed by atoms with van der Waals surface area (Å²) in [5, 5.41) is 0.715. The van der Waals surface area contributed by atoms with Crippen LogP contribution in [0, 0.1) is 0 Å². The third-order valence-corrected chi connectivity index (χ3v) is 2.33. The van der Waals surface area contributed by atoms with Crippen molar-refractivity contribution in [1.82, 2.24) is 0 Å². The summed E-state index contributed by atoms with van der Waals surface area (Å²) in [6.07, 6.45) is 3.21. The van der Waals surface area contributed by atoms with Crippen molar-refractivity contribution >= 4 is 23.4 Å². The SMILES string of the molecule is C[C@H]1CC=C(Cl)S1. The Bertz CT molecular complexity index is 98.3. The summed E-state index contributed by atoms with van der Waals surface area (Å²) >= 11 is 7.38. The second-order valence-corrected chi connectivity index (χ2v) is 3.78. The molecule has 0 radical (unpaired) electrons. The van der Waals surface area contributed by atoms with Crippen molar-refractivity contribution in [3.05, 3.63) is 10.4 Å². The molecule has 0 spiro atoms. The molecule has 0 unspecified atom stereocenters. The highest BCUT2D eigenvalue weighted by molar-refractivity contribution is 8.05. The standard InChI is InChI=1S/C5H7ClS/c1-4-2-3-5(6)7-4/h3-4H,2H2,1H3/t4-/m0/s1. The van der Waals surface area contributed by atoms with Crippen LogP contribution in [0.5, 0.6) is 0 Å². The van der Waals surface area contributed by atoms with Gasteiger partial charge in [0.05, 0.1) is 4.36 Å². The summed E-state index contributed by atoms with van der Waals surface area (Å²) in [6, 6.07) is 0. The maximum absolute atomic E-state index is 5.63. The van der Waals surface area contributed by atoms with Crippen LogP contribution in [0.25, 0.3) is 0 Å². The zero-order valence-electron chi connectivity index (χ0n) is 4.15. The summed E-state index contributed by atoms with van der Waals surface area (Å²) in [5.74, 6) is 0. The molecular weight excluding hydrogens is 128 g/mol. The van der Waals surface area contributed by atoms with Gasteiger partial charge < -0.3 is 0 Å². The fourth-order valence-corrected chi connectivity index (χ4v) is 1.86. The summed E-state index contributed by atoms with van der Waals surface area (Å²) in [4.78, 5) is 0. The lowest BCUT2D eigenvalue weighted by molar-refractivity contribution is 1.00. The Kier molecular flexibility index (Phi) is 1.65. The van der Waals surface area contributed by atoms with Crippen LogP contribution in [0.15, 0.2) is 10.4 Å². The van der Waals surface area contributed by atoms with E-state index in [1.54, 1.807) is 11.8 Å². The normalized spacial score (nSPS) is 30.6. The van der Waals surface area contributed by atoms with E-state index in [1.807, 2.05) is 0 Å². The summed E-state index contributed by atoms with van der Waals surface area (Å²) in [6.45, 7) is 2.18. The molecule has 0 amide bonds. The first kappa shape index (κ1) is 5.52. The average molecular weight is 135 g/mol. The number of thioether (sulfide) groups is 1. The molecule has 2 heteroatoms. The predicted octanol–water partition coefficient (Wildman–Crippen LogP) is 2.59. The van der Waals surface area contributed by atoms with Gasteiger partial charge >= 0.3 is 0 Å². The van der Waals surface area contributed by atoms with Crippen molar-refractivity contribution in [2.24, 2.45) is 0 Å². The second kappa shape index (κ2) is 2.10. The summed E-state index contributed by atoms with van der Waals surface area (Å²) in [5.41, 5.74) is 0. The third-order valence-electron chi connectivity index (χ3n) is 0.924. The Hall–Kier alpha value is 0.380. The van der Waals surface area contributed by atoms with Gasteiger partial charge in [-0.15, -0.1) is 11.8 Å². The molecule has 1 atom stereocenters. The lowest BCUT2D eigenvalue weighted by Gasteiger charge is -1.93. The minimum absolute atomic E-state index is 0.715. The number of rotatable bonds is 0. The number of allylic oxidation sites excluding steroid dienone is 1. The van der Waals surface area contributed by atoms with Gasteiger partial charge in [-0.2, -0.15) is 0 Å². The number of hydrogen-bond donors (Lipinski definition) is 0. The fraction of sp³-hybridized carbons (Fsp3) is 0.600. The minimum atomic E-state index is 0.715. The van der Waals surface area contributed by atoms with E-state index in [0.717, 1.165) is 10.8 Å². The zero-order chi connectivity index (χ0) is 5.28. The molecule has 0 aromatic rings. The maximum Gasteiger partial charge on any atom is 0.0697 e. The molecule has 40 valence electrons. The van der Waals surface area contributed by atoms with Crippen molar-refractivity contribution in [3.8, 4) is 0 Å². The van der Waals surface area contributed by atoms with Gasteiger partial charge in [0.1, 0.15) is 0 Å². The topological polar surface area (TPSA) is 0 Å².